The van der Waals surface area contributed by atoms with E-state index in [1.54, 1.807) is 12.1 Å². The molecule has 1 aromatic carbocycles. The van der Waals surface area contributed by atoms with Gasteiger partial charge >= 0.3 is 0 Å². The fourth-order valence-electron chi connectivity index (χ4n) is 1.49. The molecule has 4 N–H and O–H groups in total. The summed E-state index contributed by atoms with van der Waals surface area (Å²) in [5.74, 6) is 0.452. The van der Waals surface area contributed by atoms with Gasteiger partial charge in [0.05, 0.1) is 6.10 Å². The fourth-order valence-corrected chi connectivity index (χ4v) is 2.32. The van der Waals surface area contributed by atoms with Gasteiger partial charge in [-0.1, -0.05) is 23.4 Å². The van der Waals surface area contributed by atoms with Crippen LogP contribution in [0.2, 0.25) is 5.02 Å². The van der Waals surface area contributed by atoms with Gasteiger partial charge in [0.15, 0.2) is 5.12 Å². The minimum Gasteiger partial charge on any atom is -0.398 e. The maximum atomic E-state index is 10.7. The van der Waals surface area contributed by atoms with Gasteiger partial charge in [-0.15, -0.1) is 0 Å². The van der Waals surface area contributed by atoms with Gasteiger partial charge < -0.3 is 15.9 Å². The lowest BCUT2D eigenvalue weighted by atomic mass is 10.0. The number of carbonyl (C=O) groups excluding carboxylic acids is 1. The van der Waals surface area contributed by atoms with Gasteiger partial charge in [0, 0.05) is 29.0 Å². The molecule has 4 nitrogen and oxygen atoms in total. The van der Waals surface area contributed by atoms with E-state index >= 15 is 0 Å². The van der Waals surface area contributed by atoms with Crippen molar-refractivity contribution in [2.24, 2.45) is 0 Å². The Labute approximate surface area is 115 Å². The zero-order chi connectivity index (χ0) is 13.7. The third-order valence-electron chi connectivity index (χ3n) is 2.45. The average molecular weight is 290 g/mol. The Hall–Kier alpha value is -0.750. The smallest absolute Gasteiger partial charge is 0.185 e. The van der Waals surface area contributed by atoms with Crippen LogP contribution in [0.4, 0.5) is 5.69 Å². The van der Waals surface area contributed by atoms with Crippen molar-refractivity contribution in [3.05, 3.63) is 28.8 Å². The van der Waals surface area contributed by atoms with E-state index in [2.05, 4.69) is 0 Å². The van der Waals surface area contributed by atoms with Crippen LogP contribution in [-0.2, 0) is 4.79 Å². The molecule has 1 rings (SSSR count). The summed E-state index contributed by atoms with van der Waals surface area (Å²) < 4.78 is 0. The number of halogens is 1. The van der Waals surface area contributed by atoms with Gasteiger partial charge in [-0.3, -0.25) is 4.79 Å². The Kier molecular flexibility index (Phi) is 5.95. The normalized spacial score (nSPS) is 14.2. The zero-order valence-corrected chi connectivity index (χ0v) is 11.5. The van der Waals surface area contributed by atoms with Gasteiger partial charge in [0.1, 0.15) is 6.10 Å². The van der Waals surface area contributed by atoms with E-state index in [4.69, 9.17) is 17.3 Å². The predicted octanol–water partition coefficient (Wildman–Crippen LogP) is 1.99. The standard InChI is InChI=1S/C12H16ClNO3S/c1-7(15)18-5-4-11(16)12(17)9-6-8(13)2-3-10(9)14/h2-3,6,11-12,16-17H,4-5,14H2,1H3. The molecule has 0 aliphatic carbocycles. The van der Waals surface area contributed by atoms with Crippen LogP contribution in [0.15, 0.2) is 18.2 Å². The lowest BCUT2D eigenvalue weighted by Gasteiger charge is -2.19. The van der Waals surface area contributed by atoms with Crippen molar-refractivity contribution >= 4 is 34.2 Å². The van der Waals surface area contributed by atoms with Crippen LogP contribution >= 0.6 is 23.4 Å². The van der Waals surface area contributed by atoms with Gasteiger partial charge in [0.25, 0.3) is 0 Å². The van der Waals surface area contributed by atoms with E-state index in [1.807, 2.05) is 0 Å². The number of aliphatic hydroxyl groups excluding tert-OH is 2. The minimum atomic E-state index is -1.10. The summed E-state index contributed by atoms with van der Waals surface area (Å²) in [7, 11) is 0. The van der Waals surface area contributed by atoms with Crippen molar-refractivity contribution in [1.82, 2.24) is 0 Å². The number of aliphatic hydroxyl groups is 2. The highest BCUT2D eigenvalue weighted by atomic mass is 35.5. The van der Waals surface area contributed by atoms with Crippen molar-refractivity contribution in [3.63, 3.8) is 0 Å². The molecule has 0 radical (unpaired) electrons. The second kappa shape index (κ2) is 6.99. The van der Waals surface area contributed by atoms with Crippen molar-refractivity contribution in [1.29, 1.82) is 0 Å². The van der Waals surface area contributed by atoms with Crippen molar-refractivity contribution in [2.75, 3.05) is 11.5 Å². The molecule has 2 unspecified atom stereocenters. The molecular weight excluding hydrogens is 274 g/mol. The summed E-state index contributed by atoms with van der Waals surface area (Å²) in [6, 6.07) is 4.73. The third kappa shape index (κ3) is 4.49. The van der Waals surface area contributed by atoms with E-state index < -0.39 is 12.2 Å². The molecule has 0 saturated carbocycles. The summed E-state index contributed by atoms with van der Waals surface area (Å²) in [5.41, 5.74) is 6.50. The first-order valence-electron chi connectivity index (χ1n) is 5.46. The summed E-state index contributed by atoms with van der Waals surface area (Å²) >= 11 is 6.93. The first-order chi connectivity index (χ1) is 8.41. The molecule has 6 heteroatoms. The Morgan fingerprint density at radius 2 is 2.17 bits per heavy atom. The monoisotopic (exact) mass is 289 g/mol. The molecule has 100 valence electrons. The highest BCUT2D eigenvalue weighted by Gasteiger charge is 2.20. The van der Waals surface area contributed by atoms with Crippen LogP contribution in [-0.4, -0.2) is 27.2 Å². The maximum absolute atomic E-state index is 10.7. The van der Waals surface area contributed by atoms with Crippen LogP contribution in [0.3, 0.4) is 0 Å². The maximum Gasteiger partial charge on any atom is 0.185 e. The number of anilines is 1. The number of rotatable bonds is 5. The molecule has 0 amide bonds. The lowest BCUT2D eigenvalue weighted by Crippen LogP contribution is -2.20. The molecule has 0 aliphatic rings. The molecule has 0 bridgehead atoms. The van der Waals surface area contributed by atoms with E-state index in [1.165, 1.54) is 13.0 Å². The largest absolute Gasteiger partial charge is 0.398 e. The number of hydrogen-bond donors (Lipinski definition) is 3. The van der Waals surface area contributed by atoms with Crippen LogP contribution in [0.1, 0.15) is 25.0 Å². The number of benzene rings is 1. The SMILES string of the molecule is CC(=O)SCCC(O)C(O)c1cc(Cl)ccc1N. The Morgan fingerprint density at radius 1 is 1.50 bits per heavy atom. The molecule has 0 aromatic heterocycles. The zero-order valence-electron chi connectivity index (χ0n) is 9.97. The molecule has 0 spiro atoms. The van der Waals surface area contributed by atoms with Crippen LogP contribution in [0.5, 0.6) is 0 Å². The number of thioether (sulfide) groups is 1. The number of nitrogens with two attached hydrogens (primary N) is 1. The predicted molar refractivity (Wildman–Crippen MR) is 74.6 cm³/mol. The van der Waals surface area contributed by atoms with E-state index in [-0.39, 0.29) is 5.12 Å². The quantitative estimate of drug-likeness (QED) is 0.722. The minimum absolute atomic E-state index is 0.0149. The van der Waals surface area contributed by atoms with E-state index in [0.717, 1.165) is 11.8 Å². The van der Waals surface area contributed by atoms with Gasteiger partial charge in [-0.05, 0) is 24.6 Å². The van der Waals surface area contributed by atoms with Crippen molar-refractivity contribution < 1.29 is 15.0 Å². The summed E-state index contributed by atoms with van der Waals surface area (Å²) in [4.78, 5) is 10.7. The fraction of sp³-hybridized carbons (Fsp3) is 0.417. The van der Waals surface area contributed by atoms with Gasteiger partial charge in [0.2, 0.25) is 0 Å². The molecule has 0 aliphatic heterocycles. The van der Waals surface area contributed by atoms with Crippen LogP contribution < -0.4 is 5.73 Å². The first-order valence-corrected chi connectivity index (χ1v) is 6.82. The van der Waals surface area contributed by atoms with Gasteiger partial charge in [-0.2, -0.15) is 0 Å². The Balaban J connectivity index is 2.64. The highest BCUT2D eigenvalue weighted by Crippen LogP contribution is 2.28. The molecule has 18 heavy (non-hydrogen) atoms. The number of hydrogen-bond acceptors (Lipinski definition) is 5. The molecule has 0 saturated heterocycles. The third-order valence-corrected chi connectivity index (χ3v) is 3.53. The molecular formula is C12H16ClNO3S. The van der Waals surface area contributed by atoms with Crippen molar-refractivity contribution in [3.8, 4) is 0 Å². The van der Waals surface area contributed by atoms with Gasteiger partial charge in [-0.25, -0.2) is 0 Å². The summed E-state index contributed by atoms with van der Waals surface area (Å²) in [6.45, 7) is 1.46. The van der Waals surface area contributed by atoms with E-state index in [0.29, 0.717) is 28.4 Å². The molecule has 2 atom stereocenters. The molecule has 1 aromatic rings. The summed E-state index contributed by atoms with van der Waals surface area (Å²) in [5, 5.41) is 20.2. The molecule has 0 heterocycles. The second-order valence-corrected chi connectivity index (χ2v) is 5.62. The topological polar surface area (TPSA) is 83.5 Å². The first kappa shape index (κ1) is 15.3. The summed E-state index contributed by atoms with van der Waals surface area (Å²) in [6.07, 6.45) is -1.77. The molecule has 0 fully saturated rings. The van der Waals surface area contributed by atoms with Crippen molar-refractivity contribution in [2.45, 2.75) is 25.6 Å². The Morgan fingerprint density at radius 3 is 2.78 bits per heavy atom. The Bertz CT molecular complexity index is 428. The number of nitrogen functional groups attached to an aromatic ring is 1. The second-order valence-electron chi connectivity index (χ2n) is 3.91. The lowest BCUT2D eigenvalue weighted by molar-refractivity contribution is -0.109. The van der Waals surface area contributed by atoms with Crippen LogP contribution in [0, 0.1) is 0 Å². The number of carbonyl (C=O) groups is 1. The highest BCUT2D eigenvalue weighted by molar-refractivity contribution is 8.13. The van der Waals surface area contributed by atoms with Crippen LogP contribution in [0.25, 0.3) is 0 Å². The van der Waals surface area contributed by atoms with E-state index in [9.17, 15) is 15.0 Å². The average Bonchev–Trinajstić information content (AvgIpc) is 2.30.